The van der Waals surface area contributed by atoms with Gasteiger partial charge in [-0.1, -0.05) is 18.2 Å². The van der Waals surface area contributed by atoms with E-state index in [9.17, 15) is 9.90 Å². The maximum absolute atomic E-state index is 12.5. The molecule has 2 unspecified atom stereocenters. The van der Waals surface area contributed by atoms with Crippen molar-refractivity contribution < 1.29 is 9.90 Å². The summed E-state index contributed by atoms with van der Waals surface area (Å²) in [5, 5.41) is 12.7. The SMILES string of the molecule is O=C(C1CCc2ccccc2N1)N1CCCC1CO. The molecule has 2 atom stereocenters. The van der Waals surface area contributed by atoms with E-state index in [1.807, 2.05) is 23.1 Å². The second-order valence-corrected chi connectivity index (χ2v) is 5.40. The number of fused-ring (bicyclic) bond motifs is 1. The van der Waals surface area contributed by atoms with Gasteiger partial charge in [0, 0.05) is 12.2 Å². The van der Waals surface area contributed by atoms with Crippen LogP contribution in [0.15, 0.2) is 24.3 Å². The fraction of sp³-hybridized carbons (Fsp3) is 0.533. The van der Waals surface area contributed by atoms with Gasteiger partial charge in [0.05, 0.1) is 12.6 Å². The minimum atomic E-state index is -0.137. The van der Waals surface area contributed by atoms with Crippen LogP contribution in [-0.2, 0) is 11.2 Å². The number of nitrogens with zero attached hydrogens (tertiary/aromatic N) is 1. The van der Waals surface area contributed by atoms with Crippen LogP contribution in [0.5, 0.6) is 0 Å². The zero-order valence-corrected chi connectivity index (χ0v) is 11.0. The molecule has 1 aromatic carbocycles. The third-order valence-corrected chi connectivity index (χ3v) is 4.22. The average molecular weight is 260 g/mol. The molecule has 0 aromatic heterocycles. The van der Waals surface area contributed by atoms with E-state index in [1.54, 1.807) is 0 Å². The summed E-state index contributed by atoms with van der Waals surface area (Å²) in [5.41, 5.74) is 2.36. The van der Waals surface area contributed by atoms with Gasteiger partial charge in [0.25, 0.3) is 0 Å². The quantitative estimate of drug-likeness (QED) is 0.845. The number of para-hydroxylation sites is 1. The third-order valence-electron chi connectivity index (χ3n) is 4.22. The maximum atomic E-state index is 12.5. The van der Waals surface area contributed by atoms with Crippen molar-refractivity contribution in [1.82, 2.24) is 4.90 Å². The Hall–Kier alpha value is -1.55. The van der Waals surface area contributed by atoms with Crippen LogP contribution in [0.3, 0.4) is 0 Å². The lowest BCUT2D eigenvalue weighted by Crippen LogP contribution is -2.47. The average Bonchev–Trinajstić information content (AvgIpc) is 2.94. The molecule has 19 heavy (non-hydrogen) atoms. The monoisotopic (exact) mass is 260 g/mol. The molecule has 4 nitrogen and oxygen atoms in total. The summed E-state index contributed by atoms with van der Waals surface area (Å²) in [7, 11) is 0. The van der Waals surface area contributed by atoms with Crippen LogP contribution in [0, 0.1) is 0 Å². The first-order valence-corrected chi connectivity index (χ1v) is 7.05. The Balaban J connectivity index is 1.72. The summed E-state index contributed by atoms with van der Waals surface area (Å²) in [6.07, 6.45) is 3.70. The zero-order valence-electron chi connectivity index (χ0n) is 11.0. The van der Waals surface area contributed by atoms with Gasteiger partial charge in [0.2, 0.25) is 5.91 Å². The van der Waals surface area contributed by atoms with E-state index in [1.165, 1.54) is 5.56 Å². The molecule has 0 radical (unpaired) electrons. The second kappa shape index (κ2) is 5.21. The van der Waals surface area contributed by atoms with Crippen molar-refractivity contribution in [1.29, 1.82) is 0 Å². The van der Waals surface area contributed by atoms with Crippen molar-refractivity contribution in [3.8, 4) is 0 Å². The molecule has 0 aliphatic carbocycles. The van der Waals surface area contributed by atoms with Gasteiger partial charge in [-0.3, -0.25) is 4.79 Å². The minimum absolute atomic E-state index is 0.0199. The highest BCUT2D eigenvalue weighted by Crippen LogP contribution is 2.27. The molecule has 2 N–H and O–H groups in total. The van der Waals surface area contributed by atoms with E-state index in [2.05, 4.69) is 11.4 Å². The third kappa shape index (κ3) is 2.32. The van der Waals surface area contributed by atoms with Gasteiger partial charge in [0.15, 0.2) is 0 Å². The molecular formula is C15H20N2O2. The van der Waals surface area contributed by atoms with E-state index < -0.39 is 0 Å². The molecule has 2 aliphatic heterocycles. The number of benzene rings is 1. The van der Waals surface area contributed by atoms with Crippen molar-refractivity contribution in [2.45, 2.75) is 37.8 Å². The van der Waals surface area contributed by atoms with Crippen LogP contribution < -0.4 is 5.32 Å². The van der Waals surface area contributed by atoms with Crippen molar-refractivity contribution in [3.05, 3.63) is 29.8 Å². The zero-order chi connectivity index (χ0) is 13.2. The number of carbonyl (C=O) groups excluding carboxylic acids is 1. The van der Waals surface area contributed by atoms with Gasteiger partial charge in [0.1, 0.15) is 6.04 Å². The van der Waals surface area contributed by atoms with Crippen LogP contribution in [0.4, 0.5) is 5.69 Å². The van der Waals surface area contributed by atoms with Gasteiger partial charge in [-0.25, -0.2) is 0 Å². The van der Waals surface area contributed by atoms with E-state index in [0.29, 0.717) is 0 Å². The van der Waals surface area contributed by atoms with Crippen molar-refractivity contribution >= 4 is 11.6 Å². The van der Waals surface area contributed by atoms with Gasteiger partial charge >= 0.3 is 0 Å². The number of likely N-dealkylation sites (tertiary alicyclic amines) is 1. The highest BCUT2D eigenvalue weighted by Gasteiger charge is 2.33. The van der Waals surface area contributed by atoms with Crippen LogP contribution in [0.1, 0.15) is 24.8 Å². The topological polar surface area (TPSA) is 52.6 Å². The van der Waals surface area contributed by atoms with E-state index >= 15 is 0 Å². The highest BCUT2D eigenvalue weighted by atomic mass is 16.3. The Bertz CT molecular complexity index is 475. The van der Waals surface area contributed by atoms with Gasteiger partial charge in [-0.15, -0.1) is 0 Å². The predicted molar refractivity (Wildman–Crippen MR) is 74.0 cm³/mol. The summed E-state index contributed by atoms with van der Waals surface area (Å²) in [6.45, 7) is 0.860. The molecule has 102 valence electrons. The van der Waals surface area contributed by atoms with Crippen molar-refractivity contribution in [2.24, 2.45) is 0 Å². The minimum Gasteiger partial charge on any atom is -0.394 e. The van der Waals surface area contributed by atoms with Crippen LogP contribution in [0.2, 0.25) is 0 Å². The number of anilines is 1. The predicted octanol–water partition coefficient (Wildman–Crippen LogP) is 1.40. The lowest BCUT2D eigenvalue weighted by molar-refractivity contribution is -0.133. The number of aliphatic hydroxyl groups excluding tert-OH is 1. The first-order valence-electron chi connectivity index (χ1n) is 7.05. The summed E-state index contributed by atoms with van der Waals surface area (Å²) < 4.78 is 0. The first-order chi connectivity index (χ1) is 9.29. The molecule has 0 bridgehead atoms. The Morgan fingerprint density at radius 1 is 1.37 bits per heavy atom. The number of aryl methyl sites for hydroxylation is 1. The van der Waals surface area contributed by atoms with E-state index in [-0.39, 0.29) is 24.6 Å². The smallest absolute Gasteiger partial charge is 0.245 e. The van der Waals surface area contributed by atoms with Gasteiger partial charge < -0.3 is 15.3 Å². The molecule has 1 saturated heterocycles. The molecular weight excluding hydrogens is 240 g/mol. The highest BCUT2D eigenvalue weighted by molar-refractivity contribution is 5.86. The van der Waals surface area contributed by atoms with Crippen molar-refractivity contribution in [3.63, 3.8) is 0 Å². The van der Waals surface area contributed by atoms with Crippen LogP contribution >= 0.6 is 0 Å². The maximum Gasteiger partial charge on any atom is 0.245 e. The number of hydrogen-bond acceptors (Lipinski definition) is 3. The summed E-state index contributed by atoms with van der Waals surface area (Å²) in [6, 6.07) is 8.04. The number of amides is 1. The number of aliphatic hydroxyl groups is 1. The Morgan fingerprint density at radius 2 is 2.21 bits per heavy atom. The fourth-order valence-electron chi connectivity index (χ4n) is 3.14. The normalized spacial score (nSPS) is 25.8. The molecule has 2 aliphatic rings. The van der Waals surface area contributed by atoms with Crippen LogP contribution in [0.25, 0.3) is 0 Å². The van der Waals surface area contributed by atoms with Gasteiger partial charge in [-0.05, 0) is 37.3 Å². The van der Waals surface area contributed by atoms with Crippen molar-refractivity contribution in [2.75, 3.05) is 18.5 Å². The fourth-order valence-corrected chi connectivity index (χ4v) is 3.14. The summed E-state index contributed by atoms with van der Waals surface area (Å²) in [5.74, 6) is 0.144. The standard InChI is InChI=1S/C15H20N2O2/c18-10-12-5-3-9-17(12)15(19)14-8-7-11-4-1-2-6-13(11)16-14/h1-2,4,6,12,14,16,18H,3,5,7-10H2. The summed E-state index contributed by atoms with van der Waals surface area (Å²) in [4.78, 5) is 14.4. The van der Waals surface area contributed by atoms with Gasteiger partial charge in [-0.2, -0.15) is 0 Å². The largest absolute Gasteiger partial charge is 0.394 e. The lowest BCUT2D eigenvalue weighted by Gasteiger charge is -2.32. The lowest BCUT2D eigenvalue weighted by atomic mass is 9.97. The first kappa shape index (κ1) is 12.5. The molecule has 1 amide bonds. The molecule has 1 fully saturated rings. The molecule has 2 heterocycles. The van der Waals surface area contributed by atoms with E-state index in [4.69, 9.17) is 0 Å². The molecule has 1 aromatic rings. The number of nitrogens with one attached hydrogen (secondary N) is 1. The second-order valence-electron chi connectivity index (χ2n) is 5.40. The number of rotatable bonds is 2. The Labute approximate surface area is 113 Å². The van der Waals surface area contributed by atoms with E-state index in [0.717, 1.165) is 37.9 Å². The molecule has 3 rings (SSSR count). The summed E-state index contributed by atoms with van der Waals surface area (Å²) >= 11 is 0. The Kier molecular flexibility index (Phi) is 3.42. The Morgan fingerprint density at radius 3 is 3.05 bits per heavy atom. The number of hydrogen-bond donors (Lipinski definition) is 2. The number of carbonyl (C=O) groups is 1. The molecule has 0 saturated carbocycles. The molecule has 4 heteroatoms. The molecule has 0 spiro atoms. The van der Waals surface area contributed by atoms with Crippen LogP contribution in [-0.4, -0.2) is 41.1 Å².